The number of methoxy groups -OCH3 is 1. The number of hydrogen-bond donors (Lipinski definition) is 1. The molecule has 10 heteroatoms. The summed E-state index contributed by atoms with van der Waals surface area (Å²) in [5.41, 5.74) is 6.95. The lowest BCUT2D eigenvalue weighted by Crippen LogP contribution is -2.10. The van der Waals surface area contributed by atoms with Crippen molar-refractivity contribution in [3.8, 4) is 16.3 Å². The zero-order valence-corrected chi connectivity index (χ0v) is 16.9. The number of aromatic nitrogens is 2. The molecule has 2 aromatic heterocycles. The fourth-order valence-corrected chi connectivity index (χ4v) is 3.52. The number of carbonyl (C=O) groups excluding carboxylic acids is 1. The molecule has 3 rings (SSSR count). The third kappa shape index (κ3) is 4.27. The molecular formula is C17H12Cl3N3O3S. The third-order valence-corrected chi connectivity index (χ3v) is 5.56. The van der Waals surface area contributed by atoms with Gasteiger partial charge < -0.3 is 15.2 Å². The number of halogens is 3. The minimum absolute atomic E-state index is 0.0133. The van der Waals surface area contributed by atoms with Crippen molar-refractivity contribution in [2.75, 3.05) is 12.8 Å². The van der Waals surface area contributed by atoms with Crippen LogP contribution < -0.4 is 10.5 Å². The molecule has 1 aromatic carbocycles. The number of nitrogen functional groups attached to an aromatic ring is 1. The van der Waals surface area contributed by atoms with Crippen LogP contribution in [0.1, 0.15) is 16.2 Å². The summed E-state index contributed by atoms with van der Waals surface area (Å²) in [4.78, 5) is 20.5. The summed E-state index contributed by atoms with van der Waals surface area (Å²) in [6.07, 6.45) is 0. The fraction of sp³-hybridized carbons (Fsp3) is 0.118. The molecule has 0 aliphatic carbocycles. The number of esters is 1. The standard InChI is InChI=1S/C17H12Cl3N3O3S/c1-25-10-4-2-3-8(5-10)16-22-9(7-27-16)6-26-17(24)14-11(18)13(21)12(19)15(20)23-14/h2-5,7H,6H2,1H3,(H2,21,23). The number of pyridine rings is 1. The van der Waals surface area contributed by atoms with Crippen LogP contribution in [0.4, 0.5) is 5.69 Å². The first-order valence-corrected chi connectivity index (χ1v) is 9.48. The van der Waals surface area contributed by atoms with Gasteiger partial charge in [-0.15, -0.1) is 11.3 Å². The van der Waals surface area contributed by atoms with Crippen LogP contribution >= 0.6 is 46.1 Å². The van der Waals surface area contributed by atoms with Gasteiger partial charge in [-0.25, -0.2) is 14.8 Å². The zero-order chi connectivity index (χ0) is 19.6. The Morgan fingerprint density at radius 3 is 2.74 bits per heavy atom. The number of benzene rings is 1. The van der Waals surface area contributed by atoms with Crippen molar-refractivity contribution in [3.05, 3.63) is 56.2 Å². The number of thiazole rings is 1. The van der Waals surface area contributed by atoms with E-state index >= 15 is 0 Å². The Bertz CT molecular complexity index is 1010. The van der Waals surface area contributed by atoms with Crippen molar-refractivity contribution in [3.63, 3.8) is 0 Å². The molecule has 27 heavy (non-hydrogen) atoms. The van der Waals surface area contributed by atoms with Crippen molar-refractivity contribution < 1.29 is 14.3 Å². The van der Waals surface area contributed by atoms with E-state index in [9.17, 15) is 4.79 Å². The molecule has 0 fully saturated rings. The van der Waals surface area contributed by atoms with Gasteiger partial charge >= 0.3 is 5.97 Å². The molecule has 0 unspecified atom stereocenters. The Labute approximate surface area is 173 Å². The van der Waals surface area contributed by atoms with Crippen LogP contribution in [-0.4, -0.2) is 23.0 Å². The lowest BCUT2D eigenvalue weighted by molar-refractivity contribution is 0.0462. The molecule has 0 saturated heterocycles. The number of hydrogen-bond acceptors (Lipinski definition) is 7. The van der Waals surface area contributed by atoms with Crippen LogP contribution in [0.3, 0.4) is 0 Å². The van der Waals surface area contributed by atoms with Crippen LogP contribution in [0, 0.1) is 0 Å². The van der Waals surface area contributed by atoms with Crippen molar-refractivity contribution >= 4 is 57.8 Å². The van der Waals surface area contributed by atoms with Gasteiger partial charge in [0.05, 0.1) is 23.5 Å². The highest BCUT2D eigenvalue weighted by atomic mass is 35.5. The fourth-order valence-electron chi connectivity index (χ4n) is 2.14. The molecule has 6 nitrogen and oxygen atoms in total. The lowest BCUT2D eigenvalue weighted by Gasteiger charge is -2.08. The van der Waals surface area contributed by atoms with Gasteiger partial charge in [0, 0.05) is 10.9 Å². The van der Waals surface area contributed by atoms with E-state index in [0.717, 1.165) is 16.3 Å². The second-order valence-corrected chi connectivity index (χ2v) is 7.22. The summed E-state index contributed by atoms with van der Waals surface area (Å²) >= 11 is 19.1. The highest BCUT2D eigenvalue weighted by Gasteiger charge is 2.21. The number of rotatable bonds is 5. The van der Waals surface area contributed by atoms with E-state index in [4.69, 9.17) is 50.0 Å². The lowest BCUT2D eigenvalue weighted by atomic mass is 10.2. The SMILES string of the molecule is COc1cccc(-c2nc(COC(=O)c3nc(Cl)c(Cl)c(N)c3Cl)cs2)c1. The molecule has 0 aliphatic rings. The molecule has 0 amide bonds. The molecule has 0 aliphatic heterocycles. The molecule has 0 atom stereocenters. The molecule has 2 N–H and O–H groups in total. The highest BCUT2D eigenvalue weighted by Crippen LogP contribution is 2.34. The second kappa shape index (κ2) is 8.31. The van der Waals surface area contributed by atoms with Gasteiger partial charge in [0.25, 0.3) is 0 Å². The average molecular weight is 445 g/mol. The van der Waals surface area contributed by atoms with Gasteiger partial charge in [-0.3, -0.25) is 0 Å². The van der Waals surface area contributed by atoms with Crippen LogP contribution in [0.25, 0.3) is 10.6 Å². The normalized spacial score (nSPS) is 10.7. The predicted molar refractivity (Wildman–Crippen MR) is 107 cm³/mol. The number of nitrogens with two attached hydrogens (primary N) is 1. The number of anilines is 1. The minimum atomic E-state index is -0.777. The predicted octanol–water partition coefficient (Wildman–Crippen LogP) is 5.11. The van der Waals surface area contributed by atoms with E-state index < -0.39 is 5.97 Å². The number of ether oxygens (including phenoxy) is 2. The second-order valence-electron chi connectivity index (χ2n) is 5.24. The van der Waals surface area contributed by atoms with Gasteiger partial charge in [-0.1, -0.05) is 46.9 Å². The largest absolute Gasteiger partial charge is 0.497 e. The first kappa shape index (κ1) is 19.7. The van der Waals surface area contributed by atoms with E-state index in [1.54, 1.807) is 12.5 Å². The van der Waals surface area contributed by atoms with Gasteiger partial charge in [0.2, 0.25) is 0 Å². The maximum Gasteiger partial charge on any atom is 0.359 e. The van der Waals surface area contributed by atoms with Crippen molar-refractivity contribution in [2.24, 2.45) is 0 Å². The molecule has 0 bridgehead atoms. The van der Waals surface area contributed by atoms with Crippen LogP contribution in [0.15, 0.2) is 29.6 Å². The summed E-state index contributed by atoms with van der Waals surface area (Å²) < 4.78 is 10.4. The number of carbonyl (C=O) groups is 1. The minimum Gasteiger partial charge on any atom is -0.497 e. The van der Waals surface area contributed by atoms with Gasteiger partial charge in [0.15, 0.2) is 10.8 Å². The molecule has 3 aromatic rings. The van der Waals surface area contributed by atoms with Crippen molar-refractivity contribution in [1.82, 2.24) is 9.97 Å². The molecule has 0 radical (unpaired) electrons. The molecule has 0 spiro atoms. The Kier molecular flexibility index (Phi) is 6.06. The highest BCUT2D eigenvalue weighted by molar-refractivity contribution is 7.13. The van der Waals surface area contributed by atoms with E-state index in [2.05, 4.69) is 9.97 Å². The van der Waals surface area contributed by atoms with E-state index in [1.807, 2.05) is 24.3 Å². The first-order chi connectivity index (χ1) is 12.9. The Morgan fingerprint density at radius 1 is 1.22 bits per heavy atom. The van der Waals surface area contributed by atoms with E-state index in [0.29, 0.717) is 5.69 Å². The average Bonchev–Trinajstić information content (AvgIpc) is 3.16. The molecule has 140 valence electrons. The van der Waals surface area contributed by atoms with Gasteiger partial charge in [-0.2, -0.15) is 0 Å². The summed E-state index contributed by atoms with van der Waals surface area (Å²) in [5.74, 6) is -0.0465. The van der Waals surface area contributed by atoms with Gasteiger partial charge in [0.1, 0.15) is 22.4 Å². The summed E-state index contributed by atoms with van der Waals surface area (Å²) in [6, 6.07) is 7.51. The quantitative estimate of drug-likeness (QED) is 0.434. The van der Waals surface area contributed by atoms with Crippen LogP contribution in [-0.2, 0) is 11.3 Å². The van der Waals surface area contributed by atoms with Crippen molar-refractivity contribution in [2.45, 2.75) is 6.61 Å². The topological polar surface area (TPSA) is 87.3 Å². The molecule has 2 heterocycles. The maximum atomic E-state index is 12.2. The summed E-state index contributed by atoms with van der Waals surface area (Å²) in [6.45, 7) is -0.0581. The zero-order valence-electron chi connectivity index (χ0n) is 13.8. The Balaban J connectivity index is 1.73. The Hall–Kier alpha value is -2.06. The first-order valence-electron chi connectivity index (χ1n) is 7.46. The van der Waals surface area contributed by atoms with E-state index in [-0.39, 0.29) is 33.2 Å². The number of nitrogens with zero attached hydrogens (tertiary/aromatic N) is 2. The molecule has 0 saturated carbocycles. The van der Waals surface area contributed by atoms with Crippen molar-refractivity contribution in [1.29, 1.82) is 0 Å². The third-order valence-electron chi connectivity index (χ3n) is 3.48. The Morgan fingerprint density at radius 2 is 2.00 bits per heavy atom. The monoisotopic (exact) mass is 443 g/mol. The summed E-state index contributed by atoms with van der Waals surface area (Å²) in [5, 5.41) is 2.32. The summed E-state index contributed by atoms with van der Waals surface area (Å²) in [7, 11) is 1.60. The van der Waals surface area contributed by atoms with E-state index in [1.165, 1.54) is 11.3 Å². The molecular weight excluding hydrogens is 433 g/mol. The maximum absolute atomic E-state index is 12.2. The smallest absolute Gasteiger partial charge is 0.359 e. The van der Waals surface area contributed by atoms with Crippen LogP contribution in [0.2, 0.25) is 15.2 Å². The van der Waals surface area contributed by atoms with Crippen LogP contribution in [0.5, 0.6) is 5.75 Å². The van der Waals surface area contributed by atoms with Gasteiger partial charge in [-0.05, 0) is 12.1 Å².